The van der Waals surface area contributed by atoms with Crippen molar-refractivity contribution in [2.24, 2.45) is 0 Å². The zero-order chi connectivity index (χ0) is 8.27. The zero-order valence-corrected chi connectivity index (χ0v) is 6.41. The van der Waals surface area contributed by atoms with Gasteiger partial charge < -0.3 is 9.90 Å². The van der Waals surface area contributed by atoms with Crippen LogP contribution < -0.4 is 5.11 Å². The molecule has 0 aliphatic carbocycles. The normalized spacial score (nSPS) is 9.91. The van der Waals surface area contributed by atoms with E-state index >= 15 is 0 Å². The van der Waals surface area contributed by atoms with Crippen LogP contribution in [0.15, 0.2) is 12.4 Å². The van der Waals surface area contributed by atoms with E-state index in [4.69, 9.17) is 11.6 Å². The highest BCUT2D eigenvalue weighted by Gasteiger charge is 1.94. The molecular weight excluding hydrogens is 168 g/mol. The lowest BCUT2D eigenvalue weighted by molar-refractivity contribution is -0.306. The molecule has 0 fully saturated rings. The second-order valence-electron chi connectivity index (χ2n) is 2.04. The molecule has 0 atom stereocenters. The zero-order valence-electron chi connectivity index (χ0n) is 5.66. The van der Waals surface area contributed by atoms with Crippen LogP contribution >= 0.6 is 11.6 Å². The van der Waals surface area contributed by atoms with E-state index in [1.54, 1.807) is 6.20 Å². The van der Waals surface area contributed by atoms with Crippen LogP contribution in [0.25, 0.3) is 0 Å². The predicted octanol–water partition coefficient (Wildman–Crippen LogP) is -0.324. The van der Waals surface area contributed by atoms with Crippen LogP contribution in [0.2, 0.25) is 5.02 Å². The summed E-state index contributed by atoms with van der Waals surface area (Å²) in [5, 5.41) is 14.3. The Morgan fingerprint density at radius 2 is 2.55 bits per heavy atom. The molecule has 0 bridgehead atoms. The minimum atomic E-state index is -1.09. The largest absolute Gasteiger partial charge is 0.550 e. The van der Waals surface area contributed by atoms with Crippen molar-refractivity contribution in [1.82, 2.24) is 9.78 Å². The Balaban J connectivity index is 2.45. The summed E-state index contributed by atoms with van der Waals surface area (Å²) < 4.78 is 1.46. The number of aliphatic carboxylic acids is 1. The molecule has 0 radical (unpaired) electrons. The monoisotopic (exact) mass is 173 g/mol. The number of carboxylic acid groups (broad SMARTS) is 1. The SMILES string of the molecule is O=C([O-])CCn1cc(Cl)cn1. The van der Waals surface area contributed by atoms with Crippen LogP contribution in [0, 0.1) is 0 Å². The standard InChI is InChI=1S/C6H7ClN2O2/c7-5-3-8-9(4-5)2-1-6(10)11/h3-4H,1-2H2,(H,10,11)/p-1. The summed E-state index contributed by atoms with van der Waals surface area (Å²) in [6, 6.07) is 0. The maximum Gasteiger partial charge on any atom is 0.0785 e. The van der Waals surface area contributed by atoms with Gasteiger partial charge in [-0.25, -0.2) is 0 Å². The molecule has 1 aromatic heterocycles. The van der Waals surface area contributed by atoms with E-state index in [2.05, 4.69) is 5.10 Å². The number of hydrogen-bond donors (Lipinski definition) is 0. The number of carbonyl (C=O) groups is 1. The van der Waals surface area contributed by atoms with Crippen LogP contribution in [0.5, 0.6) is 0 Å². The maximum absolute atomic E-state index is 9.99. The average Bonchev–Trinajstić information content (AvgIpc) is 2.31. The smallest absolute Gasteiger partial charge is 0.0785 e. The van der Waals surface area contributed by atoms with Gasteiger partial charge in [-0.1, -0.05) is 11.6 Å². The van der Waals surface area contributed by atoms with Crippen molar-refractivity contribution in [3.05, 3.63) is 17.4 Å². The van der Waals surface area contributed by atoms with Gasteiger partial charge in [-0.15, -0.1) is 0 Å². The first kappa shape index (κ1) is 8.07. The lowest BCUT2D eigenvalue weighted by Gasteiger charge is -2.00. The molecule has 0 aliphatic rings. The highest BCUT2D eigenvalue weighted by Crippen LogP contribution is 2.04. The van der Waals surface area contributed by atoms with Gasteiger partial charge in [-0.05, 0) is 0 Å². The third-order valence-corrected chi connectivity index (χ3v) is 1.34. The fourth-order valence-electron chi connectivity index (χ4n) is 0.666. The van der Waals surface area contributed by atoms with Crippen LogP contribution in [0.4, 0.5) is 0 Å². The van der Waals surface area contributed by atoms with Crippen molar-refractivity contribution in [2.75, 3.05) is 0 Å². The van der Waals surface area contributed by atoms with Crippen molar-refractivity contribution in [3.8, 4) is 0 Å². The highest BCUT2D eigenvalue weighted by atomic mass is 35.5. The summed E-state index contributed by atoms with van der Waals surface area (Å²) in [6.45, 7) is 0.301. The Hall–Kier alpha value is -1.03. The number of hydrogen-bond acceptors (Lipinski definition) is 3. The molecule has 0 unspecified atom stereocenters. The molecule has 11 heavy (non-hydrogen) atoms. The molecule has 60 valence electrons. The summed E-state index contributed by atoms with van der Waals surface area (Å²) in [4.78, 5) is 9.99. The molecule has 1 heterocycles. The van der Waals surface area contributed by atoms with E-state index in [1.165, 1.54) is 10.9 Å². The van der Waals surface area contributed by atoms with Crippen LogP contribution in [-0.4, -0.2) is 15.7 Å². The Morgan fingerprint density at radius 1 is 1.82 bits per heavy atom. The third-order valence-electron chi connectivity index (χ3n) is 1.15. The number of rotatable bonds is 3. The number of aryl methyl sites for hydroxylation is 1. The number of aromatic nitrogens is 2. The van der Waals surface area contributed by atoms with Gasteiger partial charge in [0.25, 0.3) is 0 Å². The van der Waals surface area contributed by atoms with E-state index in [1.807, 2.05) is 0 Å². The predicted molar refractivity (Wildman–Crippen MR) is 36.9 cm³/mol. The second-order valence-corrected chi connectivity index (χ2v) is 2.48. The molecule has 0 saturated heterocycles. The van der Waals surface area contributed by atoms with Crippen LogP contribution in [0.1, 0.15) is 6.42 Å². The van der Waals surface area contributed by atoms with E-state index in [-0.39, 0.29) is 6.42 Å². The quantitative estimate of drug-likeness (QED) is 0.629. The van der Waals surface area contributed by atoms with Gasteiger partial charge >= 0.3 is 0 Å². The summed E-state index contributed by atoms with van der Waals surface area (Å²) in [6.07, 6.45) is 2.97. The first-order valence-electron chi connectivity index (χ1n) is 3.06. The Labute approximate surface area is 68.4 Å². The van der Waals surface area contributed by atoms with E-state index in [0.717, 1.165) is 0 Å². The van der Waals surface area contributed by atoms with Gasteiger partial charge in [0.15, 0.2) is 0 Å². The molecule has 0 N–H and O–H groups in total. The molecule has 1 rings (SSSR count). The summed E-state index contributed by atoms with van der Waals surface area (Å²) in [7, 11) is 0. The Bertz CT molecular complexity index is 259. The maximum atomic E-state index is 9.99. The molecule has 1 aromatic rings. The molecule has 4 nitrogen and oxygen atoms in total. The molecule has 0 saturated carbocycles. The highest BCUT2D eigenvalue weighted by molar-refractivity contribution is 6.30. The first-order chi connectivity index (χ1) is 5.18. The summed E-state index contributed by atoms with van der Waals surface area (Å²) in [5.41, 5.74) is 0. The van der Waals surface area contributed by atoms with Crippen molar-refractivity contribution in [1.29, 1.82) is 0 Å². The van der Waals surface area contributed by atoms with Gasteiger partial charge in [0.2, 0.25) is 0 Å². The Morgan fingerprint density at radius 3 is 3.00 bits per heavy atom. The minimum absolute atomic E-state index is 0.0436. The van der Waals surface area contributed by atoms with Crippen molar-refractivity contribution < 1.29 is 9.90 Å². The fourth-order valence-corrected chi connectivity index (χ4v) is 0.823. The van der Waals surface area contributed by atoms with Gasteiger partial charge in [0.05, 0.1) is 11.2 Å². The molecule has 0 aromatic carbocycles. The van der Waals surface area contributed by atoms with Gasteiger partial charge in [-0.2, -0.15) is 5.10 Å². The van der Waals surface area contributed by atoms with E-state index in [9.17, 15) is 9.90 Å². The van der Waals surface area contributed by atoms with E-state index in [0.29, 0.717) is 11.6 Å². The second kappa shape index (κ2) is 3.39. The molecule has 0 amide bonds. The number of carbonyl (C=O) groups excluding carboxylic acids is 1. The van der Waals surface area contributed by atoms with Gasteiger partial charge in [0, 0.05) is 25.1 Å². The summed E-state index contributed by atoms with van der Waals surface area (Å²) >= 11 is 5.53. The van der Waals surface area contributed by atoms with Gasteiger partial charge in [-0.3, -0.25) is 4.68 Å². The average molecular weight is 174 g/mol. The van der Waals surface area contributed by atoms with Crippen molar-refractivity contribution in [2.45, 2.75) is 13.0 Å². The summed E-state index contributed by atoms with van der Waals surface area (Å²) in [5.74, 6) is -1.09. The first-order valence-corrected chi connectivity index (χ1v) is 3.44. The number of carboxylic acids is 1. The lowest BCUT2D eigenvalue weighted by atomic mass is 10.4. The fraction of sp³-hybridized carbons (Fsp3) is 0.333. The molecule has 5 heteroatoms. The third kappa shape index (κ3) is 2.59. The van der Waals surface area contributed by atoms with Crippen molar-refractivity contribution >= 4 is 17.6 Å². The molecular formula is C6H6ClN2O2-. The topological polar surface area (TPSA) is 57.9 Å². The number of halogens is 1. The van der Waals surface area contributed by atoms with Crippen LogP contribution in [0.3, 0.4) is 0 Å². The van der Waals surface area contributed by atoms with Crippen molar-refractivity contribution in [3.63, 3.8) is 0 Å². The molecule has 0 aliphatic heterocycles. The van der Waals surface area contributed by atoms with Gasteiger partial charge in [0.1, 0.15) is 0 Å². The van der Waals surface area contributed by atoms with Crippen LogP contribution in [-0.2, 0) is 11.3 Å². The molecule has 0 spiro atoms. The van der Waals surface area contributed by atoms with E-state index < -0.39 is 5.97 Å². The number of nitrogens with zero attached hydrogens (tertiary/aromatic N) is 2. The lowest BCUT2D eigenvalue weighted by Crippen LogP contribution is -2.23. The minimum Gasteiger partial charge on any atom is -0.550 e. The Kier molecular flexibility index (Phi) is 2.48.